The van der Waals surface area contributed by atoms with Crippen LogP contribution in [0.15, 0.2) is 48.5 Å². The summed E-state index contributed by atoms with van der Waals surface area (Å²) >= 11 is 0. The van der Waals surface area contributed by atoms with Crippen LogP contribution < -0.4 is 15.0 Å². The average Bonchev–Trinajstić information content (AvgIpc) is 2.48. The first kappa shape index (κ1) is 17.3. The van der Waals surface area contributed by atoms with Gasteiger partial charge in [0.2, 0.25) is 0 Å². The number of ether oxygens (including phenoxy) is 1. The van der Waals surface area contributed by atoms with Gasteiger partial charge >= 0.3 is 0 Å². The Morgan fingerprint density at radius 1 is 0.857 bits per heavy atom. The highest BCUT2D eigenvalue weighted by molar-refractivity contribution is 5.85. The van der Waals surface area contributed by atoms with Crippen molar-refractivity contribution in [3.05, 3.63) is 59.7 Å². The molecular weight excluding hydrogens is 284 g/mol. The van der Waals surface area contributed by atoms with E-state index in [-0.39, 0.29) is 12.4 Å². The Morgan fingerprint density at radius 3 is 1.76 bits per heavy atom. The number of hydrogen-bond donors (Lipinski definition) is 1. The normalized spacial score (nSPS) is 9.86. The largest absolute Gasteiger partial charge is 0.497 e. The lowest BCUT2D eigenvalue weighted by atomic mass is 10.2. The highest BCUT2D eigenvalue weighted by Gasteiger charge is 1.97. The summed E-state index contributed by atoms with van der Waals surface area (Å²) in [6, 6.07) is 16.8. The van der Waals surface area contributed by atoms with Gasteiger partial charge < -0.3 is 15.0 Å². The minimum atomic E-state index is 0. The van der Waals surface area contributed by atoms with E-state index in [1.54, 1.807) is 7.11 Å². The Hall–Kier alpha value is -1.71. The molecule has 0 radical (unpaired) electrons. The number of benzene rings is 2. The molecule has 3 nitrogen and oxygen atoms in total. The molecule has 0 saturated heterocycles. The van der Waals surface area contributed by atoms with Gasteiger partial charge in [-0.25, -0.2) is 0 Å². The SMILES string of the molecule is COc1ccc(CNCc2ccc(N(C)C)cc2)cc1.Cl. The molecule has 0 aromatic heterocycles. The van der Waals surface area contributed by atoms with E-state index in [1.807, 2.05) is 12.1 Å². The predicted molar refractivity (Wildman–Crippen MR) is 91.6 cm³/mol. The van der Waals surface area contributed by atoms with Crippen LogP contribution in [-0.2, 0) is 13.1 Å². The van der Waals surface area contributed by atoms with Crippen LogP contribution in [-0.4, -0.2) is 21.2 Å². The number of anilines is 1. The maximum Gasteiger partial charge on any atom is 0.118 e. The van der Waals surface area contributed by atoms with E-state index in [2.05, 4.69) is 60.7 Å². The van der Waals surface area contributed by atoms with Crippen LogP contribution in [0.2, 0.25) is 0 Å². The molecule has 0 aliphatic rings. The fourth-order valence-electron chi connectivity index (χ4n) is 2.01. The van der Waals surface area contributed by atoms with Gasteiger partial charge in [0, 0.05) is 32.9 Å². The lowest BCUT2D eigenvalue weighted by Crippen LogP contribution is -2.13. The van der Waals surface area contributed by atoms with Crippen LogP contribution in [0.5, 0.6) is 5.75 Å². The van der Waals surface area contributed by atoms with Crippen molar-refractivity contribution in [2.24, 2.45) is 0 Å². The second-order valence-electron chi connectivity index (χ2n) is 5.01. The Balaban J connectivity index is 0.00000220. The number of halogens is 1. The zero-order valence-electron chi connectivity index (χ0n) is 12.8. The van der Waals surface area contributed by atoms with Crippen molar-refractivity contribution in [1.29, 1.82) is 0 Å². The molecule has 0 unspecified atom stereocenters. The Morgan fingerprint density at radius 2 is 1.33 bits per heavy atom. The molecule has 0 aliphatic heterocycles. The van der Waals surface area contributed by atoms with Crippen molar-refractivity contribution in [1.82, 2.24) is 5.32 Å². The van der Waals surface area contributed by atoms with Gasteiger partial charge in [0.25, 0.3) is 0 Å². The predicted octanol–water partition coefficient (Wildman–Crippen LogP) is 3.47. The number of hydrogen-bond acceptors (Lipinski definition) is 3. The molecule has 0 aliphatic carbocycles. The van der Waals surface area contributed by atoms with Crippen LogP contribution >= 0.6 is 12.4 Å². The van der Waals surface area contributed by atoms with Crippen molar-refractivity contribution < 1.29 is 4.74 Å². The lowest BCUT2D eigenvalue weighted by Gasteiger charge is -2.13. The van der Waals surface area contributed by atoms with Gasteiger partial charge in [-0.15, -0.1) is 12.4 Å². The molecular formula is C17H23ClN2O. The van der Waals surface area contributed by atoms with Crippen LogP contribution in [0.3, 0.4) is 0 Å². The van der Waals surface area contributed by atoms with Gasteiger partial charge in [0.15, 0.2) is 0 Å². The summed E-state index contributed by atoms with van der Waals surface area (Å²) in [7, 11) is 5.79. The van der Waals surface area contributed by atoms with E-state index < -0.39 is 0 Å². The van der Waals surface area contributed by atoms with Crippen molar-refractivity contribution in [3.8, 4) is 5.75 Å². The van der Waals surface area contributed by atoms with E-state index in [4.69, 9.17) is 4.74 Å². The molecule has 0 fully saturated rings. The van der Waals surface area contributed by atoms with Gasteiger partial charge in [-0.1, -0.05) is 24.3 Å². The molecule has 2 aromatic rings. The van der Waals surface area contributed by atoms with Crippen molar-refractivity contribution in [3.63, 3.8) is 0 Å². The standard InChI is InChI=1S/C17H22N2O.ClH/c1-19(2)16-8-4-14(5-9-16)12-18-13-15-6-10-17(20-3)11-7-15;/h4-11,18H,12-13H2,1-3H3;1H. The third-order valence-electron chi connectivity index (χ3n) is 3.27. The lowest BCUT2D eigenvalue weighted by molar-refractivity contribution is 0.414. The fourth-order valence-corrected chi connectivity index (χ4v) is 2.01. The maximum atomic E-state index is 5.15. The molecule has 0 heterocycles. The third kappa shape index (κ3) is 5.29. The highest BCUT2D eigenvalue weighted by atomic mass is 35.5. The molecule has 4 heteroatoms. The second kappa shape index (κ2) is 8.55. The highest BCUT2D eigenvalue weighted by Crippen LogP contribution is 2.13. The Bertz CT molecular complexity index is 523. The van der Waals surface area contributed by atoms with Gasteiger partial charge in [0.1, 0.15) is 5.75 Å². The van der Waals surface area contributed by atoms with Gasteiger partial charge in [0.05, 0.1) is 7.11 Å². The molecule has 2 rings (SSSR count). The second-order valence-corrected chi connectivity index (χ2v) is 5.01. The van der Waals surface area contributed by atoms with Gasteiger partial charge in [-0.05, 0) is 35.4 Å². The molecule has 0 bridgehead atoms. The molecule has 21 heavy (non-hydrogen) atoms. The van der Waals surface area contributed by atoms with Crippen molar-refractivity contribution >= 4 is 18.1 Å². The van der Waals surface area contributed by atoms with Crippen LogP contribution in [0, 0.1) is 0 Å². The van der Waals surface area contributed by atoms with E-state index >= 15 is 0 Å². The molecule has 0 spiro atoms. The topological polar surface area (TPSA) is 24.5 Å². The van der Waals surface area contributed by atoms with Crippen molar-refractivity contribution in [2.45, 2.75) is 13.1 Å². The molecule has 0 saturated carbocycles. The number of methoxy groups -OCH3 is 1. The Labute approximate surface area is 133 Å². The first-order valence-corrected chi connectivity index (χ1v) is 6.79. The molecule has 1 N–H and O–H groups in total. The minimum absolute atomic E-state index is 0. The smallest absolute Gasteiger partial charge is 0.118 e. The summed E-state index contributed by atoms with van der Waals surface area (Å²) in [4.78, 5) is 2.11. The first-order valence-electron chi connectivity index (χ1n) is 6.79. The first-order chi connectivity index (χ1) is 9.69. The van der Waals surface area contributed by atoms with Crippen LogP contribution in [0.25, 0.3) is 0 Å². The molecule has 114 valence electrons. The third-order valence-corrected chi connectivity index (χ3v) is 3.27. The summed E-state index contributed by atoms with van der Waals surface area (Å²) in [6.45, 7) is 1.74. The average molecular weight is 307 g/mol. The van der Waals surface area contributed by atoms with E-state index in [1.165, 1.54) is 16.8 Å². The fraction of sp³-hybridized carbons (Fsp3) is 0.294. The van der Waals surface area contributed by atoms with Gasteiger partial charge in [-0.3, -0.25) is 0 Å². The van der Waals surface area contributed by atoms with Crippen LogP contribution in [0.4, 0.5) is 5.69 Å². The summed E-state index contributed by atoms with van der Waals surface area (Å²) < 4.78 is 5.15. The zero-order chi connectivity index (χ0) is 14.4. The van der Waals surface area contributed by atoms with E-state index in [0.717, 1.165) is 18.8 Å². The minimum Gasteiger partial charge on any atom is -0.497 e. The molecule has 2 aromatic carbocycles. The van der Waals surface area contributed by atoms with E-state index in [0.29, 0.717) is 0 Å². The van der Waals surface area contributed by atoms with E-state index in [9.17, 15) is 0 Å². The monoisotopic (exact) mass is 306 g/mol. The number of rotatable bonds is 6. The quantitative estimate of drug-likeness (QED) is 0.884. The summed E-state index contributed by atoms with van der Waals surface area (Å²) in [5, 5.41) is 3.45. The summed E-state index contributed by atoms with van der Waals surface area (Å²) in [5.41, 5.74) is 3.78. The number of nitrogens with zero attached hydrogens (tertiary/aromatic N) is 1. The molecule has 0 atom stereocenters. The van der Waals surface area contributed by atoms with Gasteiger partial charge in [-0.2, -0.15) is 0 Å². The zero-order valence-corrected chi connectivity index (χ0v) is 13.6. The maximum absolute atomic E-state index is 5.15. The summed E-state index contributed by atoms with van der Waals surface area (Å²) in [5.74, 6) is 0.896. The number of nitrogens with one attached hydrogen (secondary N) is 1. The van der Waals surface area contributed by atoms with Crippen molar-refractivity contribution in [2.75, 3.05) is 26.1 Å². The van der Waals surface area contributed by atoms with Crippen LogP contribution in [0.1, 0.15) is 11.1 Å². The Kier molecular flexibility index (Phi) is 7.06. The molecule has 0 amide bonds. The summed E-state index contributed by atoms with van der Waals surface area (Å²) in [6.07, 6.45) is 0.